The summed E-state index contributed by atoms with van der Waals surface area (Å²) in [5.74, 6) is 2.44. The van der Waals surface area contributed by atoms with Gasteiger partial charge < -0.3 is 14.0 Å². The fraction of sp³-hybridized carbons (Fsp3) is 0.200. The minimum atomic E-state index is -0.129. The summed E-state index contributed by atoms with van der Waals surface area (Å²) in [5.41, 5.74) is 1.24. The number of thioether (sulfide) groups is 1. The zero-order valence-electron chi connectivity index (χ0n) is 15.8. The van der Waals surface area contributed by atoms with E-state index in [0.717, 1.165) is 5.56 Å². The maximum absolute atomic E-state index is 13.0. The van der Waals surface area contributed by atoms with E-state index in [1.54, 1.807) is 28.8 Å². The van der Waals surface area contributed by atoms with Crippen LogP contribution in [0.2, 0.25) is 5.02 Å². The van der Waals surface area contributed by atoms with Crippen molar-refractivity contribution in [2.75, 3.05) is 6.79 Å². The van der Waals surface area contributed by atoms with E-state index in [1.807, 2.05) is 19.1 Å². The minimum Gasteiger partial charge on any atom is -0.454 e. The molecule has 0 saturated heterocycles. The molecule has 0 unspecified atom stereocenters. The van der Waals surface area contributed by atoms with E-state index in [9.17, 15) is 4.79 Å². The van der Waals surface area contributed by atoms with Gasteiger partial charge >= 0.3 is 0 Å². The molecular formula is C20H15ClN4O4S. The molecule has 2 aromatic heterocycles. The minimum absolute atomic E-state index is 0.129. The number of hydrogen-bond donors (Lipinski definition) is 0. The van der Waals surface area contributed by atoms with Gasteiger partial charge in [-0.1, -0.05) is 28.5 Å². The van der Waals surface area contributed by atoms with Gasteiger partial charge in [0.15, 0.2) is 16.7 Å². The average molecular weight is 443 g/mol. The molecule has 0 spiro atoms. The number of halogens is 1. The zero-order chi connectivity index (χ0) is 20.7. The molecule has 0 aliphatic carbocycles. The van der Waals surface area contributed by atoms with Crippen molar-refractivity contribution in [1.29, 1.82) is 0 Å². The van der Waals surface area contributed by atoms with Crippen molar-refractivity contribution in [3.05, 3.63) is 57.7 Å². The van der Waals surface area contributed by atoms with Crippen molar-refractivity contribution in [3.8, 4) is 22.9 Å². The Kier molecular flexibility index (Phi) is 4.84. The first-order valence-corrected chi connectivity index (χ1v) is 10.5. The van der Waals surface area contributed by atoms with Gasteiger partial charge in [-0.2, -0.15) is 4.98 Å². The average Bonchev–Trinajstić information content (AvgIpc) is 3.41. The van der Waals surface area contributed by atoms with Crippen molar-refractivity contribution in [2.24, 2.45) is 0 Å². The number of aromatic nitrogens is 4. The number of nitrogens with zero attached hydrogens (tertiary/aromatic N) is 4. The molecule has 8 nitrogen and oxygen atoms in total. The van der Waals surface area contributed by atoms with Crippen molar-refractivity contribution in [2.45, 2.75) is 24.4 Å². The van der Waals surface area contributed by atoms with Gasteiger partial charge in [-0.25, -0.2) is 4.98 Å². The highest BCUT2D eigenvalue weighted by Gasteiger charge is 2.19. The molecule has 5 rings (SSSR count). The third-order valence-electron chi connectivity index (χ3n) is 4.62. The Hall–Kier alpha value is -3.04. The SMILES string of the molecule is CCn1c(SCc2nc(-c3ccc(Cl)cc3)no2)nc2cc3c(cc2c1=O)OCO3. The van der Waals surface area contributed by atoms with E-state index in [2.05, 4.69) is 15.1 Å². The van der Waals surface area contributed by atoms with Gasteiger partial charge in [0, 0.05) is 23.2 Å². The predicted octanol–water partition coefficient (Wildman–Crippen LogP) is 4.14. The Labute approximate surface area is 179 Å². The summed E-state index contributed by atoms with van der Waals surface area (Å²) in [5, 5.41) is 5.72. The van der Waals surface area contributed by atoms with Gasteiger partial charge in [0.1, 0.15) is 0 Å². The quantitative estimate of drug-likeness (QED) is 0.336. The van der Waals surface area contributed by atoms with Crippen LogP contribution in [0, 0.1) is 0 Å². The molecule has 152 valence electrons. The lowest BCUT2D eigenvalue weighted by Crippen LogP contribution is -2.22. The van der Waals surface area contributed by atoms with E-state index in [4.69, 9.17) is 25.6 Å². The normalized spacial score (nSPS) is 12.6. The first-order chi connectivity index (χ1) is 14.6. The molecule has 0 saturated carbocycles. The lowest BCUT2D eigenvalue weighted by Gasteiger charge is -2.10. The van der Waals surface area contributed by atoms with Gasteiger partial charge in [-0.05, 0) is 37.3 Å². The molecule has 0 radical (unpaired) electrons. The Morgan fingerprint density at radius 3 is 2.67 bits per heavy atom. The second kappa shape index (κ2) is 7.66. The summed E-state index contributed by atoms with van der Waals surface area (Å²) in [4.78, 5) is 22.0. The third kappa shape index (κ3) is 3.40. The number of rotatable bonds is 5. The van der Waals surface area contributed by atoms with Crippen LogP contribution in [0.4, 0.5) is 0 Å². The van der Waals surface area contributed by atoms with Gasteiger partial charge in [0.25, 0.3) is 5.56 Å². The van der Waals surface area contributed by atoms with Crippen molar-refractivity contribution in [1.82, 2.24) is 19.7 Å². The van der Waals surface area contributed by atoms with Crippen molar-refractivity contribution in [3.63, 3.8) is 0 Å². The maximum atomic E-state index is 13.0. The van der Waals surface area contributed by atoms with Gasteiger partial charge in [-0.3, -0.25) is 9.36 Å². The van der Waals surface area contributed by atoms with Gasteiger partial charge in [0.05, 0.1) is 16.7 Å². The summed E-state index contributed by atoms with van der Waals surface area (Å²) < 4.78 is 17.8. The lowest BCUT2D eigenvalue weighted by molar-refractivity contribution is 0.174. The molecule has 0 N–H and O–H groups in total. The molecule has 30 heavy (non-hydrogen) atoms. The Balaban J connectivity index is 1.43. The van der Waals surface area contributed by atoms with Gasteiger partial charge in [0.2, 0.25) is 18.5 Å². The highest BCUT2D eigenvalue weighted by atomic mass is 35.5. The summed E-state index contributed by atoms with van der Waals surface area (Å²) in [7, 11) is 0. The summed E-state index contributed by atoms with van der Waals surface area (Å²) in [6.07, 6.45) is 0. The molecular weight excluding hydrogens is 428 g/mol. The van der Waals surface area contributed by atoms with Crippen LogP contribution in [0.5, 0.6) is 11.5 Å². The molecule has 0 amide bonds. The first kappa shape index (κ1) is 19.0. The summed E-state index contributed by atoms with van der Waals surface area (Å²) in [6, 6.07) is 10.6. The second-order valence-electron chi connectivity index (χ2n) is 6.47. The topological polar surface area (TPSA) is 92.3 Å². The smallest absolute Gasteiger partial charge is 0.262 e. The number of fused-ring (bicyclic) bond motifs is 2. The number of ether oxygens (including phenoxy) is 2. The van der Waals surface area contributed by atoms with Gasteiger partial charge in [-0.15, -0.1) is 0 Å². The van der Waals surface area contributed by atoms with Crippen LogP contribution in [-0.4, -0.2) is 26.5 Å². The molecule has 0 fully saturated rings. The molecule has 3 heterocycles. The van der Waals surface area contributed by atoms with E-state index < -0.39 is 0 Å². The monoisotopic (exact) mass is 442 g/mol. The molecule has 0 atom stereocenters. The van der Waals surface area contributed by atoms with Crippen LogP contribution < -0.4 is 15.0 Å². The fourth-order valence-electron chi connectivity index (χ4n) is 3.14. The standard InChI is InChI=1S/C20H15ClN4O4S/c1-2-25-19(26)13-7-15-16(28-10-27-15)8-14(13)22-20(25)30-9-17-23-18(24-29-17)11-3-5-12(21)6-4-11/h3-8H,2,9-10H2,1H3. The van der Waals surface area contributed by atoms with Crippen LogP contribution >= 0.6 is 23.4 Å². The first-order valence-electron chi connectivity index (χ1n) is 9.18. The Morgan fingerprint density at radius 1 is 1.13 bits per heavy atom. The van der Waals surface area contributed by atoms with Crippen molar-refractivity contribution >= 4 is 34.3 Å². The van der Waals surface area contributed by atoms with Crippen LogP contribution in [0.3, 0.4) is 0 Å². The molecule has 4 aromatic rings. The predicted molar refractivity (Wildman–Crippen MR) is 112 cm³/mol. The van der Waals surface area contributed by atoms with Crippen LogP contribution in [-0.2, 0) is 12.3 Å². The highest BCUT2D eigenvalue weighted by Crippen LogP contribution is 2.35. The van der Waals surface area contributed by atoms with E-state index in [0.29, 0.717) is 56.6 Å². The number of benzene rings is 2. The Bertz CT molecular complexity index is 1300. The largest absolute Gasteiger partial charge is 0.454 e. The molecule has 0 bridgehead atoms. The summed E-state index contributed by atoms with van der Waals surface area (Å²) >= 11 is 7.28. The fourth-order valence-corrected chi connectivity index (χ4v) is 4.16. The molecule has 2 aromatic carbocycles. The van der Waals surface area contributed by atoms with E-state index >= 15 is 0 Å². The van der Waals surface area contributed by atoms with Crippen molar-refractivity contribution < 1.29 is 14.0 Å². The van der Waals surface area contributed by atoms with E-state index in [-0.39, 0.29) is 12.4 Å². The van der Waals surface area contributed by atoms with Crippen LogP contribution in [0.1, 0.15) is 12.8 Å². The zero-order valence-corrected chi connectivity index (χ0v) is 17.4. The maximum Gasteiger partial charge on any atom is 0.262 e. The molecule has 10 heteroatoms. The number of hydrogen-bond acceptors (Lipinski definition) is 8. The second-order valence-corrected chi connectivity index (χ2v) is 7.85. The molecule has 1 aliphatic rings. The third-order valence-corrected chi connectivity index (χ3v) is 5.84. The Morgan fingerprint density at radius 2 is 1.90 bits per heavy atom. The molecule has 1 aliphatic heterocycles. The van der Waals surface area contributed by atoms with E-state index in [1.165, 1.54) is 11.8 Å². The van der Waals surface area contributed by atoms with Crippen LogP contribution in [0.15, 0.2) is 50.9 Å². The lowest BCUT2D eigenvalue weighted by atomic mass is 10.2. The summed E-state index contributed by atoms with van der Waals surface area (Å²) in [6.45, 7) is 2.53. The highest BCUT2D eigenvalue weighted by molar-refractivity contribution is 7.98. The van der Waals surface area contributed by atoms with Crippen LogP contribution in [0.25, 0.3) is 22.3 Å².